The van der Waals surface area contributed by atoms with Crippen molar-refractivity contribution in [3.05, 3.63) is 65.2 Å². The van der Waals surface area contributed by atoms with Crippen molar-refractivity contribution in [3.8, 4) is 5.75 Å². The van der Waals surface area contributed by atoms with Crippen LogP contribution in [-0.2, 0) is 11.2 Å². The van der Waals surface area contributed by atoms with Crippen LogP contribution in [0.5, 0.6) is 5.75 Å². The number of rotatable bonds is 7. The smallest absolute Gasteiger partial charge is 0.227 e. The molecule has 0 unspecified atom stereocenters. The second kappa shape index (κ2) is 8.86. The number of nitrogens with one attached hydrogen (secondary N) is 1. The van der Waals surface area contributed by atoms with Crippen molar-refractivity contribution in [2.24, 2.45) is 11.8 Å². The fraction of sp³-hybridized carbons (Fsp3) is 0.423. The molecule has 0 spiro atoms. The summed E-state index contributed by atoms with van der Waals surface area (Å²) in [5.74, 6) is 1.85. The zero-order valence-corrected chi connectivity index (χ0v) is 17.5. The molecule has 152 valence electrons. The normalized spacial score (nSPS) is 18.4. The van der Waals surface area contributed by atoms with Gasteiger partial charge in [-0.3, -0.25) is 4.79 Å². The molecule has 4 rings (SSSR count). The standard InChI is InChI=1S/C26H31NO2/c1-3-4-6-18-15-21-17-23(29-2)13-14-24(21)25(16-18)19-9-11-22(12-10-19)27-26(28)20-7-5-8-20/h9-14,16-18,20H,3-8,15H2,1-2H3,(H,27,28)/t18-/m0/s1. The van der Waals surface area contributed by atoms with E-state index >= 15 is 0 Å². The zero-order valence-electron chi connectivity index (χ0n) is 17.5. The van der Waals surface area contributed by atoms with Gasteiger partial charge < -0.3 is 10.1 Å². The van der Waals surface area contributed by atoms with E-state index in [2.05, 4.69) is 42.6 Å². The lowest BCUT2D eigenvalue weighted by Crippen LogP contribution is -2.27. The van der Waals surface area contributed by atoms with Crippen LogP contribution in [0.25, 0.3) is 5.57 Å². The first-order chi connectivity index (χ1) is 14.2. The number of methoxy groups -OCH3 is 1. The van der Waals surface area contributed by atoms with Crippen LogP contribution in [0.4, 0.5) is 5.69 Å². The number of unbranched alkanes of at least 4 members (excludes halogenated alkanes) is 1. The van der Waals surface area contributed by atoms with Gasteiger partial charge in [0.2, 0.25) is 5.91 Å². The van der Waals surface area contributed by atoms with Crippen molar-refractivity contribution in [2.45, 2.75) is 51.9 Å². The molecule has 1 saturated carbocycles. The van der Waals surface area contributed by atoms with E-state index in [4.69, 9.17) is 4.74 Å². The van der Waals surface area contributed by atoms with Gasteiger partial charge in [-0.05, 0) is 78.1 Å². The van der Waals surface area contributed by atoms with Crippen LogP contribution in [0, 0.1) is 11.8 Å². The Labute approximate surface area is 174 Å². The maximum atomic E-state index is 12.2. The number of ether oxygens (including phenoxy) is 1. The van der Waals surface area contributed by atoms with E-state index < -0.39 is 0 Å². The predicted octanol–water partition coefficient (Wildman–Crippen LogP) is 6.23. The number of hydrogen-bond acceptors (Lipinski definition) is 2. The summed E-state index contributed by atoms with van der Waals surface area (Å²) >= 11 is 0. The highest BCUT2D eigenvalue weighted by Gasteiger charge is 2.25. The highest BCUT2D eigenvalue weighted by Crippen LogP contribution is 2.37. The van der Waals surface area contributed by atoms with Crippen molar-refractivity contribution >= 4 is 17.2 Å². The molecule has 1 atom stereocenters. The third-order valence-electron chi connectivity index (χ3n) is 6.35. The molecule has 2 aromatic carbocycles. The third kappa shape index (κ3) is 4.39. The molecule has 2 aliphatic rings. The Kier molecular flexibility index (Phi) is 6.03. The molecular weight excluding hydrogens is 358 g/mol. The molecule has 2 aliphatic carbocycles. The van der Waals surface area contributed by atoms with Crippen LogP contribution >= 0.6 is 0 Å². The fourth-order valence-electron chi connectivity index (χ4n) is 4.35. The molecular formula is C26H31NO2. The largest absolute Gasteiger partial charge is 0.497 e. The predicted molar refractivity (Wildman–Crippen MR) is 119 cm³/mol. The maximum Gasteiger partial charge on any atom is 0.227 e. The summed E-state index contributed by atoms with van der Waals surface area (Å²) < 4.78 is 5.46. The molecule has 3 nitrogen and oxygen atoms in total. The lowest BCUT2D eigenvalue weighted by atomic mass is 9.80. The number of fused-ring (bicyclic) bond motifs is 1. The van der Waals surface area contributed by atoms with Crippen LogP contribution < -0.4 is 10.1 Å². The second-order valence-electron chi connectivity index (χ2n) is 8.40. The maximum absolute atomic E-state index is 12.2. The molecule has 0 heterocycles. The number of amides is 1. The molecule has 0 saturated heterocycles. The lowest BCUT2D eigenvalue weighted by molar-refractivity contribution is -0.122. The van der Waals surface area contributed by atoms with Gasteiger partial charge in [0.15, 0.2) is 0 Å². The van der Waals surface area contributed by atoms with Crippen LogP contribution in [-0.4, -0.2) is 13.0 Å². The average Bonchev–Trinajstić information content (AvgIpc) is 2.70. The van der Waals surface area contributed by atoms with E-state index in [1.54, 1.807) is 7.11 Å². The van der Waals surface area contributed by atoms with Gasteiger partial charge in [-0.25, -0.2) is 0 Å². The summed E-state index contributed by atoms with van der Waals surface area (Å²) in [6, 6.07) is 14.8. The Morgan fingerprint density at radius 3 is 2.59 bits per heavy atom. The van der Waals surface area contributed by atoms with Crippen molar-refractivity contribution < 1.29 is 9.53 Å². The first-order valence-electron chi connectivity index (χ1n) is 11.0. The van der Waals surface area contributed by atoms with E-state index in [0.29, 0.717) is 5.92 Å². The molecule has 0 aliphatic heterocycles. The number of allylic oxidation sites excluding steroid dienone is 1. The number of carbonyl (C=O) groups is 1. The van der Waals surface area contributed by atoms with Gasteiger partial charge in [0.1, 0.15) is 5.75 Å². The summed E-state index contributed by atoms with van der Waals surface area (Å²) in [4.78, 5) is 12.2. The third-order valence-corrected chi connectivity index (χ3v) is 6.35. The average molecular weight is 390 g/mol. The van der Waals surface area contributed by atoms with Crippen LogP contribution in [0.2, 0.25) is 0 Å². The van der Waals surface area contributed by atoms with Gasteiger partial charge in [-0.15, -0.1) is 0 Å². The van der Waals surface area contributed by atoms with Crippen molar-refractivity contribution in [1.29, 1.82) is 0 Å². The first kappa shape index (κ1) is 19.8. The molecule has 29 heavy (non-hydrogen) atoms. The van der Waals surface area contributed by atoms with E-state index in [1.165, 1.54) is 47.9 Å². The van der Waals surface area contributed by atoms with Gasteiger partial charge in [-0.2, -0.15) is 0 Å². The highest BCUT2D eigenvalue weighted by molar-refractivity contribution is 5.93. The molecule has 3 heteroatoms. The Morgan fingerprint density at radius 2 is 1.93 bits per heavy atom. The van der Waals surface area contributed by atoms with Gasteiger partial charge >= 0.3 is 0 Å². The van der Waals surface area contributed by atoms with Gasteiger partial charge in [-0.1, -0.05) is 50.5 Å². The number of hydrogen-bond donors (Lipinski definition) is 1. The zero-order chi connectivity index (χ0) is 20.2. The molecule has 1 amide bonds. The SMILES string of the molecule is CCCC[C@@H]1C=C(c2ccc(NC(=O)C3CCC3)cc2)c2ccc(OC)cc2C1. The molecule has 0 aromatic heterocycles. The Balaban J connectivity index is 1.58. The summed E-state index contributed by atoms with van der Waals surface area (Å²) in [5.41, 5.74) is 6.06. The number of benzene rings is 2. The first-order valence-corrected chi connectivity index (χ1v) is 11.0. The monoisotopic (exact) mass is 389 g/mol. The van der Waals surface area contributed by atoms with E-state index in [9.17, 15) is 4.79 Å². The summed E-state index contributed by atoms with van der Waals surface area (Å²) in [7, 11) is 1.73. The van der Waals surface area contributed by atoms with Gasteiger partial charge in [0, 0.05) is 11.6 Å². The van der Waals surface area contributed by atoms with Crippen LogP contribution in [0.3, 0.4) is 0 Å². The molecule has 2 aromatic rings. The molecule has 0 radical (unpaired) electrons. The minimum absolute atomic E-state index is 0.165. The number of carbonyl (C=O) groups excluding carboxylic acids is 1. The Bertz CT molecular complexity index is 893. The lowest BCUT2D eigenvalue weighted by Gasteiger charge is -2.26. The Hall–Kier alpha value is -2.55. The van der Waals surface area contributed by atoms with Crippen LogP contribution in [0.15, 0.2) is 48.5 Å². The summed E-state index contributed by atoms with van der Waals surface area (Å²) in [6.45, 7) is 2.25. The van der Waals surface area contributed by atoms with E-state index in [-0.39, 0.29) is 11.8 Å². The topological polar surface area (TPSA) is 38.3 Å². The quantitative estimate of drug-likeness (QED) is 0.610. The highest BCUT2D eigenvalue weighted by atomic mass is 16.5. The van der Waals surface area contributed by atoms with Gasteiger partial charge in [0.25, 0.3) is 0 Å². The molecule has 1 N–H and O–H groups in total. The number of anilines is 1. The van der Waals surface area contributed by atoms with E-state index in [0.717, 1.165) is 30.7 Å². The van der Waals surface area contributed by atoms with Crippen molar-refractivity contribution in [3.63, 3.8) is 0 Å². The minimum Gasteiger partial charge on any atom is -0.497 e. The fourth-order valence-corrected chi connectivity index (χ4v) is 4.35. The molecule has 0 bridgehead atoms. The molecule has 1 fully saturated rings. The minimum atomic E-state index is 0.165. The van der Waals surface area contributed by atoms with Crippen molar-refractivity contribution in [2.75, 3.05) is 12.4 Å². The Morgan fingerprint density at radius 1 is 1.14 bits per heavy atom. The van der Waals surface area contributed by atoms with Crippen LogP contribution in [0.1, 0.15) is 62.1 Å². The second-order valence-corrected chi connectivity index (χ2v) is 8.40. The summed E-state index contributed by atoms with van der Waals surface area (Å²) in [5, 5.41) is 3.07. The van der Waals surface area contributed by atoms with Crippen molar-refractivity contribution in [1.82, 2.24) is 0 Å². The summed E-state index contributed by atoms with van der Waals surface area (Å²) in [6.07, 6.45) is 10.4. The van der Waals surface area contributed by atoms with Gasteiger partial charge in [0.05, 0.1) is 7.11 Å². The van der Waals surface area contributed by atoms with E-state index in [1.807, 2.05) is 18.2 Å².